The van der Waals surface area contributed by atoms with Crippen LogP contribution in [0.3, 0.4) is 0 Å². The van der Waals surface area contributed by atoms with Crippen LogP contribution in [0.5, 0.6) is 0 Å². The Balaban J connectivity index is 2.19. The lowest BCUT2D eigenvalue weighted by Gasteiger charge is -2.15. The molecule has 2 heterocycles. The van der Waals surface area contributed by atoms with Crippen molar-refractivity contribution in [3.8, 4) is 0 Å². The molecule has 2 rings (SSSR count). The fourth-order valence-electron chi connectivity index (χ4n) is 1.64. The molecule has 2 unspecified atom stereocenters. The van der Waals surface area contributed by atoms with Crippen molar-refractivity contribution in [2.24, 2.45) is 5.92 Å². The number of hydrogen-bond acceptors (Lipinski definition) is 5. The van der Waals surface area contributed by atoms with E-state index in [1.165, 1.54) is 0 Å². The van der Waals surface area contributed by atoms with Gasteiger partial charge in [0.2, 0.25) is 0 Å². The van der Waals surface area contributed by atoms with Gasteiger partial charge >= 0.3 is 5.97 Å². The van der Waals surface area contributed by atoms with Crippen molar-refractivity contribution in [1.82, 2.24) is 4.72 Å². The molecule has 100 valence electrons. The number of carboxylic acids is 1. The van der Waals surface area contributed by atoms with Gasteiger partial charge in [-0.05, 0) is 27.4 Å². The van der Waals surface area contributed by atoms with E-state index in [9.17, 15) is 13.2 Å². The molecule has 1 saturated heterocycles. The fraction of sp³-hybridized carbons (Fsp3) is 0.444. The van der Waals surface area contributed by atoms with Crippen LogP contribution in [0.2, 0.25) is 0 Å². The highest BCUT2D eigenvalue weighted by Crippen LogP contribution is 2.28. The number of sulfonamides is 1. The molecular weight excluding hydrogens is 346 g/mol. The molecule has 6 nitrogen and oxygen atoms in total. The summed E-state index contributed by atoms with van der Waals surface area (Å²) >= 11 is 4.20. The molecule has 0 aromatic carbocycles. The van der Waals surface area contributed by atoms with Gasteiger partial charge in [0.15, 0.2) is 0 Å². The summed E-state index contributed by atoms with van der Waals surface area (Å²) in [4.78, 5) is 10.9. The maximum atomic E-state index is 12.1. The maximum absolute atomic E-state index is 12.1. The van der Waals surface area contributed by atoms with Crippen molar-refractivity contribution in [2.75, 3.05) is 13.2 Å². The Morgan fingerprint density at radius 3 is 2.83 bits per heavy atom. The van der Waals surface area contributed by atoms with E-state index < -0.39 is 28.0 Å². The number of carboxylic acid groups (broad SMARTS) is 1. The average Bonchev–Trinajstić information content (AvgIpc) is 2.86. The van der Waals surface area contributed by atoms with E-state index in [-0.39, 0.29) is 17.4 Å². The van der Waals surface area contributed by atoms with Gasteiger partial charge in [-0.25, -0.2) is 13.1 Å². The van der Waals surface area contributed by atoms with Gasteiger partial charge < -0.3 is 9.84 Å². The van der Waals surface area contributed by atoms with Gasteiger partial charge in [0.25, 0.3) is 10.0 Å². The number of halogens is 1. The second-order valence-electron chi connectivity index (χ2n) is 3.77. The van der Waals surface area contributed by atoms with Gasteiger partial charge in [-0.1, -0.05) is 0 Å². The number of aliphatic carboxylic acids is 1. The molecule has 0 amide bonds. The smallest absolute Gasteiger partial charge is 0.310 e. The minimum absolute atomic E-state index is 0.0220. The summed E-state index contributed by atoms with van der Waals surface area (Å²) in [7, 11) is -3.72. The fourth-order valence-corrected chi connectivity index (χ4v) is 5.25. The van der Waals surface area contributed by atoms with Gasteiger partial charge in [-0.3, -0.25) is 4.79 Å². The number of hydrogen-bond donors (Lipinski definition) is 2. The zero-order valence-corrected chi connectivity index (χ0v) is 12.2. The molecule has 0 spiro atoms. The van der Waals surface area contributed by atoms with E-state index in [4.69, 9.17) is 9.84 Å². The van der Waals surface area contributed by atoms with Crippen LogP contribution in [0.4, 0.5) is 0 Å². The van der Waals surface area contributed by atoms with E-state index in [0.29, 0.717) is 4.47 Å². The Kier molecular flexibility index (Phi) is 4.07. The molecule has 1 aromatic heterocycles. The average molecular weight is 356 g/mol. The highest BCUT2D eigenvalue weighted by molar-refractivity contribution is 9.10. The van der Waals surface area contributed by atoms with E-state index in [1.54, 1.807) is 11.4 Å². The molecule has 18 heavy (non-hydrogen) atoms. The topological polar surface area (TPSA) is 92.7 Å². The lowest BCUT2D eigenvalue weighted by molar-refractivity contribution is -0.142. The van der Waals surface area contributed by atoms with Crippen LogP contribution < -0.4 is 4.72 Å². The van der Waals surface area contributed by atoms with E-state index >= 15 is 0 Å². The van der Waals surface area contributed by atoms with Gasteiger partial charge in [-0.2, -0.15) is 0 Å². The summed E-state index contributed by atoms with van der Waals surface area (Å²) in [6, 6.07) is 0.889. The normalized spacial score (nSPS) is 24.3. The third-order valence-electron chi connectivity index (χ3n) is 2.53. The van der Waals surface area contributed by atoms with E-state index in [0.717, 1.165) is 11.3 Å². The Morgan fingerprint density at radius 1 is 1.56 bits per heavy atom. The quantitative estimate of drug-likeness (QED) is 0.836. The first-order valence-corrected chi connectivity index (χ1v) is 8.13. The molecule has 0 bridgehead atoms. The molecular formula is C9H10BrNO5S2. The van der Waals surface area contributed by atoms with Gasteiger partial charge in [0.05, 0.1) is 25.2 Å². The molecule has 1 aliphatic rings. The van der Waals surface area contributed by atoms with Crippen molar-refractivity contribution in [2.45, 2.75) is 10.3 Å². The van der Waals surface area contributed by atoms with Crippen LogP contribution in [-0.2, 0) is 19.6 Å². The first-order chi connectivity index (χ1) is 8.42. The summed E-state index contributed by atoms with van der Waals surface area (Å²) in [6.07, 6.45) is 0. The van der Waals surface area contributed by atoms with Crippen LogP contribution in [0, 0.1) is 5.92 Å². The largest absolute Gasteiger partial charge is 0.481 e. The Bertz CT molecular complexity index is 555. The van der Waals surface area contributed by atoms with Crippen LogP contribution in [0.15, 0.2) is 20.1 Å². The maximum Gasteiger partial charge on any atom is 0.310 e. The van der Waals surface area contributed by atoms with Crippen molar-refractivity contribution in [3.05, 3.63) is 15.9 Å². The molecule has 1 aliphatic heterocycles. The third-order valence-corrected chi connectivity index (χ3v) is 6.69. The van der Waals surface area contributed by atoms with Crippen LogP contribution >= 0.6 is 27.3 Å². The number of thiophene rings is 1. The van der Waals surface area contributed by atoms with Gasteiger partial charge in [0, 0.05) is 4.47 Å². The van der Waals surface area contributed by atoms with E-state index in [1.807, 2.05) is 0 Å². The van der Waals surface area contributed by atoms with Crippen LogP contribution in [-0.4, -0.2) is 38.7 Å². The molecule has 2 N–H and O–H groups in total. The number of rotatable bonds is 4. The van der Waals surface area contributed by atoms with Gasteiger partial charge in [0.1, 0.15) is 4.21 Å². The first kappa shape index (κ1) is 13.9. The highest BCUT2D eigenvalue weighted by Gasteiger charge is 2.37. The predicted molar refractivity (Wildman–Crippen MR) is 68.1 cm³/mol. The second-order valence-corrected chi connectivity index (χ2v) is 7.45. The monoisotopic (exact) mass is 355 g/mol. The highest BCUT2D eigenvalue weighted by atomic mass is 79.9. The molecule has 0 radical (unpaired) electrons. The summed E-state index contributed by atoms with van der Waals surface area (Å²) in [5.74, 6) is -1.91. The minimum Gasteiger partial charge on any atom is -0.481 e. The summed E-state index contributed by atoms with van der Waals surface area (Å²) in [5, 5.41) is 10.6. The Hall–Kier alpha value is -0.480. The molecule has 9 heteroatoms. The summed E-state index contributed by atoms with van der Waals surface area (Å²) in [5.41, 5.74) is 0. The first-order valence-electron chi connectivity index (χ1n) is 4.97. The molecule has 1 aromatic rings. The molecule has 0 aliphatic carbocycles. The van der Waals surface area contributed by atoms with Crippen molar-refractivity contribution >= 4 is 43.3 Å². The predicted octanol–water partition coefficient (Wildman–Crippen LogP) is 0.888. The second kappa shape index (κ2) is 5.25. The van der Waals surface area contributed by atoms with Crippen LogP contribution in [0.1, 0.15) is 0 Å². The molecule has 2 atom stereocenters. The zero-order chi connectivity index (χ0) is 13.3. The Labute approximate surface area is 116 Å². The van der Waals surface area contributed by atoms with Crippen molar-refractivity contribution in [1.29, 1.82) is 0 Å². The summed E-state index contributed by atoms with van der Waals surface area (Å²) < 4.78 is 32.1. The van der Waals surface area contributed by atoms with Crippen molar-refractivity contribution < 1.29 is 23.1 Å². The molecule has 0 saturated carbocycles. The number of nitrogens with one attached hydrogen (secondary N) is 1. The molecule has 1 fully saturated rings. The standard InChI is InChI=1S/C9H10BrNO5S2/c10-6-1-2-17-9(6)18(14,15)11-7-4-16-3-5(7)8(12)13/h1-2,5,7,11H,3-4H2,(H,12,13). The lowest BCUT2D eigenvalue weighted by Crippen LogP contribution is -2.42. The van der Waals surface area contributed by atoms with Crippen LogP contribution in [0.25, 0.3) is 0 Å². The van der Waals surface area contributed by atoms with E-state index in [2.05, 4.69) is 20.7 Å². The Morgan fingerprint density at radius 2 is 2.28 bits per heavy atom. The SMILES string of the molecule is O=C(O)C1COCC1NS(=O)(=O)c1sccc1Br. The zero-order valence-electron chi connectivity index (χ0n) is 9.00. The minimum atomic E-state index is -3.72. The summed E-state index contributed by atoms with van der Waals surface area (Å²) in [6.45, 7) is 0.0906. The lowest BCUT2D eigenvalue weighted by atomic mass is 10.1. The van der Waals surface area contributed by atoms with Crippen molar-refractivity contribution in [3.63, 3.8) is 0 Å². The number of ether oxygens (including phenoxy) is 1. The number of carbonyl (C=O) groups is 1. The van der Waals surface area contributed by atoms with Gasteiger partial charge in [-0.15, -0.1) is 11.3 Å². The third kappa shape index (κ3) is 2.75.